The van der Waals surface area contributed by atoms with Crippen molar-refractivity contribution in [3.05, 3.63) is 47.7 Å². The van der Waals surface area contributed by atoms with Crippen molar-refractivity contribution in [1.29, 1.82) is 0 Å². The second kappa shape index (κ2) is 7.36. The van der Waals surface area contributed by atoms with Crippen LogP contribution in [0.3, 0.4) is 0 Å². The number of carbonyl (C=O) groups excluding carboxylic acids is 1. The predicted octanol–water partition coefficient (Wildman–Crippen LogP) is 3.19. The third-order valence-corrected chi connectivity index (χ3v) is 4.47. The summed E-state index contributed by atoms with van der Waals surface area (Å²) in [7, 11) is 0. The number of rotatable bonds is 7. The van der Waals surface area contributed by atoms with Crippen LogP contribution in [0.1, 0.15) is 32.3 Å². The molecule has 24 heavy (non-hydrogen) atoms. The van der Waals surface area contributed by atoms with E-state index in [0.29, 0.717) is 19.0 Å². The van der Waals surface area contributed by atoms with Crippen molar-refractivity contribution in [3.8, 4) is 0 Å². The van der Waals surface area contributed by atoms with E-state index in [4.69, 9.17) is 18.9 Å². The second-order valence-corrected chi connectivity index (χ2v) is 6.27. The van der Waals surface area contributed by atoms with Crippen LogP contribution in [0, 0.1) is 5.41 Å². The standard InChI is InChI=1S/C19H24O5/c1-3-21-17-11-16(13-22-14(2)20)24-18(19(17)9-10-19)23-12-15-7-5-4-6-8-15/h4-8,11,17-18H,3,9-10,12-13H2,1-2H3/t17-,18-/m1/s1. The highest BCUT2D eigenvalue weighted by Crippen LogP contribution is 2.57. The minimum atomic E-state index is -0.384. The first kappa shape index (κ1) is 17.0. The molecule has 3 rings (SSSR count). The lowest BCUT2D eigenvalue weighted by Gasteiger charge is -2.37. The van der Waals surface area contributed by atoms with Crippen LogP contribution in [0.25, 0.3) is 0 Å². The molecule has 1 aliphatic carbocycles. The number of hydrogen-bond acceptors (Lipinski definition) is 5. The average molecular weight is 332 g/mol. The average Bonchev–Trinajstić information content (AvgIpc) is 3.37. The largest absolute Gasteiger partial charge is 0.465 e. The number of ether oxygens (including phenoxy) is 4. The zero-order valence-corrected chi connectivity index (χ0v) is 14.2. The third-order valence-electron chi connectivity index (χ3n) is 4.47. The highest BCUT2D eigenvalue weighted by atomic mass is 16.7. The maximum Gasteiger partial charge on any atom is 0.303 e. The lowest BCUT2D eigenvalue weighted by molar-refractivity contribution is -0.205. The topological polar surface area (TPSA) is 54.0 Å². The Labute approximate surface area is 142 Å². The number of esters is 1. The highest BCUT2D eigenvalue weighted by molar-refractivity contribution is 5.66. The van der Waals surface area contributed by atoms with Crippen LogP contribution < -0.4 is 0 Å². The van der Waals surface area contributed by atoms with Gasteiger partial charge in [0.1, 0.15) is 12.4 Å². The molecule has 2 atom stereocenters. The van der Waals surface area contributed by atoms with Gasteiger partial charge in [0.05, 0.1) is 18.1 Å². The molecule has 0 aromatic heterocycles. The summed E-state index contributed by atoms with van der Waals surface area (Å²) < 4.78 is 23.0. The molecule has 1 spiro atoms. The maximum atomic E-state index is 11.1. The Morgan fingerprint density at radius 3 is 2.58 bits per heavy atom. The van der Waals surface area contributed by atoms with Crippen molar-refractivity contribution in [2.45, 2.75) is 45.7 Å². The van der Waals surface area contributed by atoms with Crippen LogP contribution in [-0.4, -0.2) is 31.6 Å². The van der Waals surface area contributed by atoms with Gasteiger partial charge in [0.25, 0.3) is 0 Å². The summed E-state index contributed by atoms with van der Waals surface area (Å²) >= 11 is 0. The van der Waals surface area contributed by atoms with Gasteiger partial charge in [-0.25, -0.2) is 0 Å². The normalized spacial score (nSPS) is 24.2. The molecule has 130 valence electrons. The van der Waals surface area contributed by atoms with Gasteiger partial charge in [-0.2, -0.15) is 0 Å². The molecule has 1 aliphatic heterocycles. The fraction of sp³-hybridized carbons (Fsp3) is 0.526. The van der Waals surface area contributed by atoms with Gasteiger partial charge in [0.15, 0.2) is 0 Å². The van der Waals surface area contributed by atoms with E-state index in [-0.39, 0.29) is 30.4 Å². The molecule has 5 heteroatoms. The van der Waals surface area contributed by atoms with Crippen molar-refractivity contribution in [2.24, 2.45) is 5.41 Å². The van der Waals surface area contributed by atoms with Gasteiger partial charge in [-0.1, -0.05) is 30.3 Å². The van der Waals surface area contributed by atoms with Crippen LogP contribution in [0.5, 0.6) is 0 Å². The molecule has 0 bridgehead atoms. The molecular formula is C19H24O5. The van der Waals surface area contributed by atoms with E-state index in [1.165, 1.54) is 6.92 Å². The van der Waals surface area contributed by atoms with Crippen molar-refractivity contribution >= 4 is 5.97 Å². The van der Waals surface area contributed by atoms with E-state index in [0.717, 1.165) is 18.4 Å². The minimum Gasteiger partial charge on any atom is -0.465 e. The summed E-state index contributed by atoms with van der Waals surface area (Å²) in [5.41, 5.74) is 0.978. The van der Waals surface area contributed by atoms with E-state index in [9.17, 15) is 4.79 Å². The fourth-order valence-electron chi connectivity index (χ4n) is 3.02. The van der Waals surface area contributed by atoms with Gasteiger partial charge in [0, 0.05) is 13.5 Å². The Bertz CT molecular complexity index is 591. The summed E-state index contributed by atoms with van der Waals surface area (Å²) in [6.45, 7) is 4.57. The first-order valence-electron chi connectivity index (χ1n) is 8.42. The zero-order chi connectivity index (χ0) is 17.0. The molecule has 1 heterocycles. The quantitative estimate of drug-likeness (QED) is 0.718. The zero-order valence-electron chi connectivity index (χ0n) is 14.2. The van der Waals surface area contributed by atoms with E-state index in [1.807, 2.05) is 43.3 Å². The minimum absolute atomic E-state index is 0.0671. The van der Waals surface area contributed by atoms with Crippen LogP contribution in [0.2, 0.25) is 0 Å². The van der Waals surface area contributed by atoms with Crippen molar-refractivity contribution in [2.75, 3.05) is 13.2 Å². The van der Waals surface area contributed by atoms with E-state index >= 15 is 0 Å². The maximum absolute atomic E-state index is 11.1. The van der Waals surface area contributed by atoms with E-state index in [2.05, 4.69) is 0 Å². The molecule has 0 unspecified atom stereocenters. The highest BCUT2D eigenvalue weighted by Gasteiger charge is 2.59. The Morgan fingerprint density at radius 2 is 1.96 bits per heavy atom. The molecule has 1 fully saturated rings. The fourth-order valence-corrected chi connectivity index (χ4v) is 3.02. The molecule has 0 amide bonds. The van der Waals surface area contributed by atoms with Crippen molar-refractivity contribution in [1.82, 2.24) is 0 Å². The Morgan fingerprint density at radius 1 is 1.21 bits per heavy atom. The summed E-state index contributed by atoms with van der Waals surface area (Å²) in [5.74, 6) is 0.264. The molecule has 0 radical (unpaired) electrons. The third kappa shape index (κ3) is 3.79. The van der Waals surface area contributed by atoms with Gasteiger partial charge < -0.3 is 18.9 Å². The Balaban J connectivity index is 1.70. The lowest BCUT2D eigenvalue weighted by Crippen LogP contribution is -2.42. The summed E-state index contributed by atoms with van der Waals surface area (Å²) in [6.07, 6.45) is 3.50. The molecule has 0 N–H and O–H groups in total. The molecule has 1 aromatic carbocycles. The van der Waals surface area contributed by atoms with Crippen LogP contribution >= 0.6 is 0 Å². The summed E-state index contributed by atoms with van der Waals surface area (Å²) in [6, 6.07) is 10.0. The Hall–Kier alpha value is -1.85. The first-order chi connectivity index (χ1) is 11.6. The van der Waals surface area contributed by atoms with Gasteiger partial charge in [0.2, 0.25) is 6.29 Å². The SMILES string of the molecule is CCO[C@@H]1C=C(COC(C)=O)O[C@@H](OCc2ccccc2)C12CC2. The molecule has 2 aliphatic rings. The molecule has 1 saturated carbocycles. The second-order valence-electron chi connectivity index (χ2n) is 6.27. The number of benzene rings is 1. The van der Waals surface area contributed by atoms with Crippen LogP contribution in [0.4, 0.5) is 0 Å². The smallest absolute Gasteiger partial charge is 0.303 e. The molecule has 5 nitrogen and oxygen atoms in total. The number of carbonyl (C=O) groups is 1. The molecular weight excluding hydrogens is 308 g/mol. The first-order valence-corrected chi connectivity index (χ1v) is 8.42. The number of hydrogen-bond donors (Lipinski definition) is 0. The summed E-state index contributed by atoms with van der Waals surface area (Å²) in [5, 5.41) is 0. The lowest BCUT2D eigenvalue weighted by atomic mass is 9.95. The van der Waals surface area contributed by atoms with E-state index in [1.54, 1.807) is 0 Å². The molecule has 1 aromatic rings. The predicted molar refractivity (Wildman–Crippen MR) is 87.9 cm³/mol. The van der Waals surface area contributed by atoms with Gasteiger partial charge in [-0.15, -0.1) is 0 Å². The summed E-state index contributed by atoms with van der Waals surface area (Å²) in [4.78, 5) is 11.1. The van der Waals surface area contributed by atoms with Crippen molar-refractivity contribution < 1.29 is 23.7 Å². The van der Waals surface area contributed by atoms with Crippen LogP contribution in [0.15, 0.2) is 42.2 Å². The van der Waals surface area contributed by atoms with Gasteiger partial charge in [-0.05, 0) is 31.4 Å². The van der Waals surface area contributed by atoms with E-state index < -0.39 is 0 Å². The molecule has 0 saturated heterocycles. The van der Waals surface area contributed by atoms with Crippen molar-refractivity contribution in [3.63, 3.8) is 0 Å². The monoisotopic (exact) mass is 332 g/mol. The van der Waals surface area contributed by atoms with Gasteiger partial charge >= 0.3 is 5.97 Å². The van der Waals surface area contributed by atoms with Crippen LogP contribution in [-0.2, 0) is 30.3 Å². The Kier molecular flexibility index (Phi) is 5.21. The van der Waals surface area contributed by atoms with Gasteiger partial charge in [-0.3, -0.25) is 4.79 Å².